The molecule has 9 aromatic carbocycles. The quantitative estimate of drug-likeness (QED) is 0.178. The Bertz CT molecular complexity index is 4470. The first-order chi connectivity index (χ1) is 37.8. The number of hydrogen-bond donors (Lipinski definition) is 1. The molecule has 2 aliphatic heterocycles. The van der Waals surface area contributed by atoms with E-state index in [1.807, 2.05) is 0 Å². The van der Waals surface area contributed by atoms with Crippen LogP contribution >= 0.6 is 11.1 Å². The fraction of sp³-hybridized carbons (Fsp3) is 0.270. The van der Waals surface area contributed by atoms with Crippen LogP contribution in [0.15, 0.2) is 182 Å². The molecule has 12 aromatic rings. The van der Waals surface area contributed by atoms with Gasteiger partial charge in [-0.25, -0.2) is 0 Å². The Morgan fingerprint density at radius 1 is 0.400 bits per heavy atom. The highest BCUT2D eigenvalue weighted by Crippen LogP contribution is 2.70. The van der Waals surface area contributed by atoms with E-state index in [1.54, 1.807) is 0 Å². The van der Waals surface area contributed by atoms with Crippen molar-refractivity contribution in [2.75, 3.05) is 9.21 Å². The number of nitrogens with zero attached hydrogens (tertiary/aromatic N) is 3. The molecule has 2 aliphatic rings. The lowest BCUT2D eigenvalue weighted by Crippen LogP contribution is -2.24. The average Bonchev–Trinajstić information content (AvgIpc) is 1.73. The largest absolute Gasteiger partial charge is 0.456 e. The van der Waals surface area contributed by atoms with Gasteiger partial charge in [0.15, 0.2) is 0 Å². The Morgan fingerprint density at radius 2 is 0.938 bits per heavy atom. The summed E-state index contributed by atoms with van der Waals surface area (Å²) >= 11 is -1.27. The molecule has 6 heteroatoms. The minimum absolute atomic E-state index is 0.0110. The van der Waals surface area contributed by atoms with E-state index in [9.17, 15) is 0 Å². The van der Waals surface area contributed by atoms with E-state index in [2.05, 4.69) is 281 Å². The molecule has 0 amide bonds. The van der Waals surface area contributed by atoms with E-state index in [0.717, 1.165) is 66.9 Å². The van der Waals surface area contributed by atoms with Crippen LogP contribution in [0.2, 0.25) is 0 Å². The van der Waals surface area contributed by atoms with Gasteiger partial charge in [-0.05, 0) is 140 Å². The number of thiol groups is 1. The Hall–Kier alpha value is -7.67. The third-order valence-electron chi connectivity index (χ3n) is 17.4. The molecule has 5 nitrogen and oxygen atoms in total. The average molecular weight is 1070 g/mol. The van der Waals surface area contributed by atoms with Crippen LogP contribution < -0.4 is 9.21 Å². The van der Waals surface area contributed by atoms with Crippen molar-refractivity contribution in [2.24, 2.45) is 0 Å². The van der Waals surface area contributed by atoms with Crippen molar-refractivity contribution >= 4 is 105 Å². The molecule has 0 fully saturated rings. The maximum Gasteiger partial charge on any atom is 0.146 e. The summed E-state index contributed by atoms with van der Waals surface area (Å²) in [5, 5.41) is 6.90. The standard InChI is InChI=1S/C74H73N3O2S/c1-70(2,3)43-20-28-48(29-21-43)75(49-30-22-44(23-31-49)71(4,5)6)51-34-35-52-54-41-56-59(42-62(54)78-61(52)40-51)77(50-32-24-45(25-33-50)72(7,8)9)80-63-39-47(74(13,14)15)27-37-58(63)76-57-36-26-46(73(10,11)12)38-55(57)66-67(76)69(80)65(56)64-53-18-16-17-19-60(53)79-68(64)66/h16-42,80H,1-15H3. The smallest absolute Gasteiger partial charge is 0.146 e. The normalized spacial score (nSPS) is 15.2. The number of anilines is 5. The van der Waals surface area contributed by atoms with Crippen molar-refractivity contribution in [1.29, 1.82) is 0 Å². The van der Waals surface area contributed by atoms with Gasteiger partial charge in [-0.15, -0.1) is 11.1 Å². The first-order valence-corrected chi connectivity index (χ1v) is 30.0. The predicted octanol–water partition coefficient (Wildman–Crippen LogP) is 22.0. The Morgan fingerprint density at radius 3 is 1.55 bits per heavy atom. The monoisotopic (exact) mass is 1070 g/mol. The summed E-state index contributed by atoms with van der Waals surface area (Å²) in [6, 6.07) is 62.5. The van der Waals surface area contributed by atoms with Gasteiger partial charge in [0.05, 0.1) is 33.5 Å². The maximum absolute atomic E-state index is 7.32. The second-order valence-electron chi connectivity index (χ2n) is 28.0. The molecule has 3 aromatic heterocycles. The lowest BCUT2D eigenvalue weighted by molar-refractivity contribution is 0.588. The number of aromatic nitrogens is 1. The maximum atomic E-state index is 7.32. The molecule has 0 saturated carbocycles. The minimum atomic E-state index is -1.27. The van der Waals surface area contributed by atoms with Gasteiger partial charge in [0, 0.05) is 77.0 Å². The molecule has 5 heterocycles. The van der Waals surface area contributed by atoms with Crippen LogP contribution in [0.1, 0.15) is 132 Å². The number of para-hydroxylation sites is 1. The highest BCUT2D eigenvalue weighted by molar-refractivity contribution is 8.19. The lowest BCUT2D eigenvalue weighted by Gasteiger charge is -2.46. The van der Waals surface area contributed by atoms with Crippen molar-refractivity contribution in [3.8, 4) is 16.8 Å². The minimum Gasteiger partial charge on any atom is -0.456 e. The van der Waals surface area contributed by atoms with E-state index in [4.69, 9.17) is 8.83 Å². The zero-order chi connectivity index (χ0) is 55.9. The van der Waals surface area contributed by atoms with Crippen LogP contribution in [-0.2, 0) is 27.1 Å². The molecular weight excluding hydrogens is 995 g/mol. The van der Waals surface area contributed by atoms with Crippen LogP contribution in [0.25, 0.3) is 82.5 Å². The van der Waals surface area contributed by atoms with Gasteiger partial charge in [0.25, 0.3) is 0 Å². The highest BCUT2D eigenvalue weighted by atomic mass is 32.2. The first-order valence-electron chi connectivity index (χ1n) is 28.7. The Kier molecular flexibility index (Phi) is 10.7. The Balaban J connectivity index is 1.09. The summed E-state index contributed by atoms with van der Waals surface area (Å²) in [5.74, 6) is 0. The molecule has 1 atom stereocenters. The number of furan rings is 2. The molecule has 402 valence electrons. The topological polar surface area (TPSA) is 37.7 Å². The predicted molar refractivity (Wildman–Crippen MR) is 343 cm³/mol. The van der Waals surface area contributed by atoms with Crippen LogP contribution in [-0.4, -0.2) is 4.57 Å². The van der Waals surface area contributed by atoms with Gasteiger partial charge in [-0.2, -0.15) is 0 Å². The van der Waals surface area contributed by atoms with Crippen molar-refractivity contribution in [1.82, 2.24) is 4.57 Å². The third-order valence-corrected chi connectivity index (χ3v) is 19.9. The van der Waals surface area contributed by atoms with Crippen LogP contribution in [0.4, 0.5) is 28.4 Å². The van der Waals surface area contributed by atoms with Crippen LogP contribution in [0, 0.1) is 0 Å². The van der Waals surface area contributed by atoms with Crippen molar-refractivity contribution in [3.63, 3.8) is 0 Å². The summed E-state index contributed by atoms with van der Waals surface area (Å²) in [4.78, 5) is 5.09. The van der Waals surface area contributed by atoms with Gasteiger partial charge in [-0.1, -0.05) is 171 Å². The van der Waals surface area contributed by atoms with E-state index in [1.165, 1.54) is 81.6 Å². The number of hydrogen-bond acceptors (Lipinski definition) is 4. The molecule has 80 heavy (non-hydrogen) atoms. The Labute approximate surface area is 474 Å². The summed E-state index contributed by atoms with van der Waals surface area (Å²) in [6.45, 7) is 34.6. The van der Waals surface area contributed by atoms with Crippen molar-refractivity contribution < 1.29 is 8.83 Å². The van der Waals surface area contributed by atoms with Crippen LogP contribution in [0.3, 0.4) is 0 Å². The third kappa shape index (κ3) is 7.64. The number of benzene rings is 9. The molecule has 0 N–H and O–H groups in total. The fourth-order valence-corrected chi connectivity index (χ4v) is 15.7. The van der Waals surface area contributed by atoms with E-state index in [0.29, 0.717) is 0 Å². The molecule has 1 unspecified atom stereocenters. The lowest BCUT2D eigenvalue weighted by atomic mass is 9.86. The van der Waals surface area contributed by atoms with Gasteiger partial charge in [0.2, 0.25) is 0 Å². The van der Waals surface area contributed by atoms with Gasteiger partial charge in [0.1, 0.15) is 22.3 Å². The second-order valence-corrected chi connectivity index (χ2v) is 30.0. The fourth-order valence-electron chi connectivity index (χ4n) is 12.8. The van der Waals surface area contributed by atoms with Crippen LogP contribution in [0.5, 0.6) is 0 Å². The number of fused-ring (bicyclic) bond motifs is 16. The SMILES string of the molecule is CC(C)(C)c1ccc(N(c2ccc(C(C)(C)C)cc2)c2ccc3c(c2)oc2cc4c(cc23)-c2c3c5c(c6cc(C(C)(C)C)ccc6n5-c5ccc(C(C)(C)C)cc5[SH]3N4c3ccc(C(C)(C)C)cc3)c3oc4ccccc4c23)cc1. The summed E-state index contributed by atoms with van der Waals surface area (Å²) in [6.07, 6.45) is 0. The summed E-state index contributed by atoms with van der Waals surface area (Å²) in [5.41, 5.74) is 21.6. The molecule has 0 radical (unpaired) electrons. The zero-order valence-corrected chi connectivity index (χ0v) is 50.1. The molecule has 14 rings (SSSR count). The zero-order valence-electron chi connectivity index (χ0n) is 49.2. The summed E-state index contributed by atoms with van der Waals surface area (Å²) < 4.78 is 19.9. The van der Waals surface area contributed by atoms with Gasteiger partial charge in [-0.3, -0.25) is 4.31 Å². The number of rotatable bonds is 4. The van der Waals surface area contributed by atoms with E-state index in [-0.39, 0.29) is 27.1 Å². The molecule has 0 aliphatic carbocycles. The molecule has 0 bridgehead atoms. The van der Waals surface area contributed by atoms with Crippen molar-refractivity contribution in [2.45, 2.75) is 141 Å². The van der Waals surface area contributed by atoms with Gasteiger partial charge >= 0.3 is 0 Å². The van der Waals surface area contributed by atoms with E-state index >= 15 is 0 Å². The molecule has 0 spiro atoms. The molecular formula is C74H73N3O2S. The van der Waals surface area contributed by atoms with E-state index < -0.39 is 11.1 Å². The van der Waals surface area contributed by atoms with Gasteiger partial charge < -0.3 is 18.3 Å². The van der Waals surface area contributed by atoms with Crippen molar-refractivity contribution in [3.05, 3.63) is 192 Å². The first kappa shape index (κ1) is 50.5. The molecule has 0 saturated heterocycles. The summed E-state index contributed by atoms with van der Waals surface area (Å²) in [7, 11) is 0. The second kappa shape index (κ2) is 16.9. The highest BCUT2D eigenvalue weighted by Gasteiger charge is 2.43.